The first-order chi connectivity index (χ1) is 8.21. The average molecular weight is 266 g/mol. The lowest BCUT2D eigenvalue weighted by Crippen LogP contribution is -2.01. The van der Waals surface area contributed by atoms with E-state index >= 15 is 0 Å². The summed E-state index contributed by atoms with van der Waals surface area (Å²) in [6.07, 6.45) is 0. The Morgan fingerprint density at radius 2 is 1.56 bits per heavy atom. The van der Waals surface area contributed by atoms with Crippen molar-refractivity contribution in [1.29, 1.82) is 0 Å². The highest BCUT2D eigenvalue weighted by atomic mass is 32.2. The van der Waals surface area contributed by atoms with Crippen molar-refractivity contribution in [2.45, 2.75) is 25.7 Å². The highest BCUT2D eigenvalue weighted by Crippen LogP contribution is 2.34. The molecule has 4 nitrogen and oxygen atoms in total. The van der Waals surface area contributed by atoms with Gasteiger partial charge < -0.3 is 5.11 Å². The molecule has 0 unspecified atom stereocenters. The molecule has 0 aliphatic heterocycles. The summed E-state index contributed by atoms with van der Waals surface area (Å²) in [5, 5.41) is 11.2. The van der Waals surface area contributed by atoms with E-state index in [4.69, 9.17) is 4.55 Å². The van der Waals surface area contributed by atoms with Gasteiger partial charge in [-0.3, -0.25) is 4.55 Å². The van der Waals surface area contributed by atoms with Crippen molar-refractivity contribution in [3.8, 4) is 5.75 Å². The molecule has 0 aromatic heterocycles. The van der Waals surface area contributed by atoms with E-state index in [9.17, 15) is 13.5 Å². The molecule has 96 valence electrons. The van der Waals surface area contributed by atoms with Gasteiger partial charge in [-0.1, -0.05) is 6.07 Å². The van der Waals surface area contributed by atoms with Gasteiger partial charge in [0.15, 0.2) is 0 Å². The first-order valence-corrected chi connectivity index (χ1v) is 6.87. The van der Waals surface area contributed by atoms with Crippen molar-refractivity contribution in [1.82, 2.24) is 0 Å². The van der Waals surface area contributed by atoms with E-state index in [-0.39, 0.29) is 16.2 Å². The highest BCUT2D eigenvalue weighted by Gasteiger charge is 2.18. The Bertz CT molecular complexity index is 745. The Labute approximate surface area is 106 Å². The van der Waals surface area contributed by atoms with E-state index in [0.717, 1.165) is 11.1 Å². The van der Waals surface area contributed by atoms with Crippen molar-refractivity contribution in [3.05, 3.63) is 34.9 Å². The second-order valence-corrected chi connectivity index (χ2v) is 5.87. The SMILES string of the molecule is Cc1cc2cc(S(=O)(=O)O)c(C)c(O)c2cc1C. The first-order valence-electron chi connectivity index (χ1n) is 5.43. The summed E-state index contributed by atoms with van der Waals surface area (Å²) in [5.41, 5.74) is 2.16. The maximum absolute atomic E-state index is 11.2. The van der Waals surface area contributed by atoms with Crippen LogP contribution in [0.4, 0.5) is 0 Å². The van der Waals surface area contributed by atoms with Crippen LogP contribution in [-0.2, 0) is 10.1 Å². The molecule has 0 aliphatic rings. The lowest BCUT2D eigenvalue weighted by molar-refractivity contribution is 0.466. The number of benzene rings is 2. The van der Waals surface area contributed by atoms with Gasteiger partial charge in [-0.15, -0.1) is 0 Å². The third kappa shape index (κ3) is 1.95. The molecule has 18 heavy (non-hydrogen) atoms. The highest BCUT2D eigenvalue weighted by molar-refractivity contribution is 7.85. The molecule has 0 atom stereocenters. The molecule has 0 bridgehead atoms. The van der Waals surface area contributed by atoms with E-state index in [1.807, 2.05) is 13.8 Å². The van der Waals surface area contributed by atoms with Gasteiger partial charge in [-0.2, -0.15) is 8.42 Å². The van der Waals surface area contributed by atoms with Crippen molar-refractivity contribution in [2.24, 2.45) is 0 Å². The summed E-state index contributed by atoms with van der Waals surface area (Å²) >= 11 is 0. The van der Waals surface area contributed by atoms with E-state index in [2.05, 4.69) is 0 Å². The Morgan fingerprint density at radius 3 is 2.11 bits per heavy atom. The van der Waals surface area contributed by atoms with Gasteiger partial charge in [0.05, 0.1) is 0 Å². The van der Waals surface area contributed by atoms with Crippen LogP contribution in [0.3, 0.4) is 0 Å². The Balaban J connectivity index is 2.97. The number of aryl methyl sites for hydroxylation is 2. The summed E-state index contributed by atoms with van der Waals surface area (Å²) in [7, 11) is -4.33. The predicted octanol–water partition coefficient (Wildman–Crippen LogP) is 2.72. The van der Waals surface area contributed by atoms with Crippen molar-refractivity contribution < 1.29 is 18.1 Å². The molecule has 0 amide bonds. The molecule has 0 saturated heterocycles. The molecule has 2 aromatic rings. The van der Waals surface area contributed by atoms with Crippen LogP contribution < -0.4 is 0 Å². The van der Waals surface area contributed by atoms with Gasteiger partial charge >= 0.3 is 0 Å². The lowest BCUT2D eigenvalue weighted by atomic mass is 10.00. The zero-order chi connectivity index (χ0) is 13.7. The van der Waals surface area contributed by atoms with Crippen molar-refractivity contribution >= 4 is 20.9 Å². The second kappa shape index (κ2) is 3.96. The van der Waals surface area contributed by atoms with E-state index in [0.29, 0.717) is 10.8 Å². The zero-order valence-corrected chi connectivity index (χ0v) is 11.2. The molecular formula is C13H14O4S. The number of rotatable bonds is 1. The lowest BCUT2D eigenvalue weighted by Gasteiger charge is -2.11. The van der Waals surface area contributed by atoms with Crippen LogP contribution in [0.25, 0.3) is 10.8 Å². The molecular weight excluding hydrogens is 252 g/mol. The van der Waals surface area contributed by atoms with Crippen LogP contribution in [0.2, 0.25) is 0 Å². The monoisotopic (exact) mass is 266 g/mol. The first kappa shape index (κ1) is 12.9. The van der Waals surface area contributed by atoms with Gasteiger partial charge in [-0.05, 0) is 49.4 Å². The Morgan fingerprint density at radius 1 is 1.00 bits per heavy atom. The number of fused-ring (bicyclic) bond motifs is 1. The topological polar surface area (TPSA) is 74.6 Å². The number of phenols is 1. The summed E-state index contributed by atoms with van der Waals surface area (Å²) < 4.78 is 31.6. The number of hydrogen-bond acceptors (Lipinski definition) is 3. The minimum absolute atomic E-state index is 0.108. The van der Waals surface area contributed by atoms with Crippen LogP contribution >= 0.6 is 0 Å². The maximum Gasteiger partial charge on any atom is 0.294 e. The van der Waals surface area contributed by atoms with Gasteiger partial charge in [0.25, 0.3) is 10.1 Å². The molecule has 0 spiro atoms. The molecule has 0 aliphatic carbocycles. The molecule has 2 rings (SSSR count). The third-order valence-corrected chi connectivity index (χ3v) is 4.19. The Hall–Kier alpha value is -1.59. The smallest absolute Gasteiger partial charge is 0.294 e. The minimum Gasteiger partial charge on any atom is -0.507 e. The summed E-state index contributed by atoms with van der Waals surface area (Å²) in [5.74, 6) is -0.108. The molecule has 2 N–H and O–H groups in total. The molecule has 0 fully saturated rings. The van der Waals surface area contributed by atoms with Crippen LogP contribution in [0.5, 0.6) is 5.75 Å². The molecule has 0 heterocycles. The van der Waals surface area contributed by atoms with Gasteiger partial charge in [0, 0.05) is 10.9 Å². The fourth-order valence-electron chi connectivity index (χ4n) is 2.00. The van der Waals surface area contributed by atoms with Crippen molar-refractivity contribution in [3.63, 3.8) is 0 Å². The quantitative estimate of drug-likeness (QED) is 0.778. The summed E-state index contributed by atoms with van der Waals surface area (Å²) in [6, 6.07) is 4.98. The second-order valence-electron chi connectivity index (χ2n) is 4.48. The van der Waals surface area contributed by atoms with E-state index in [1.54, 1.807) is 12.1 Å². The van der Waals surface area contributed by atoms with Crippen LogP contribution in [-0.4, -0.2) is 18.1 Å². The van der Waals surface area contributed by atoms with Crippen LogP contribution in [0, 0.1) is 20.8 Å². The van der Waals surface area contributed by atoms with Gasteiger partial charge in [0.1, 0.15) is 10.6 Å². The van der Waals surface area contributed by atoms with E-state index in [1.165, 1.54) is 13.0 Å². The number of aromatic hydroxyl groups is 1. The van der Waals surface area contributed by atoms with E-state index < -0.39 is 10.1 Å². The maximum atomic E-state index is 11.2. The van der Waals surface area contributed by atoms with Crippen molar-refractivity contribution in [2.75, 3.05) is 0 Å². The molecule has 0 radical (unpaired) electrons. The normalized spacial score (nSPS) is 12.0. The molecule has 5 heteroatoms. The molecule has 2 aromatic carbocycles. The third-order valence-electron chi connectivity index (χ3n) is 3.21. The largest absolute Gasteiger partial charge is 0.507 e. The number of phenolic OH excluding ortho intramolecular Hbond substituents is 1. The fraction of sp³-hybridized carbons (Fsp3) is 0.231. The summed E-state index contributed by atoms with van der Waals surface area (Å²) in [6.45, 7) is 5.28. The Kier molecular flexibility index (Phi) is 2.83. The molecule has 0 saturated carbocycles. The average Bonchev–Trinajstić information content (AvgIpc) is 2.25. The summed E-state index contributed by atoms with van der Waals surface area (Å²) in [4.78, 5) is -0.254. The standard InChI is InChI=1S/C13H14O4S/c1-7-4-10-6-12(18(15,16)17)9(3)13(14)11(10)5-8(7)2/h4-6,14H,1-3H3,(H,15,16,17). The van der Waals surface area contributed by atoms with Gasteiger partial charge in [0.2, 0.25) is 0 Å². The fourth-order valence-corrected chi connectivity index (χ4v) is 2.76. The minimum atomic E-state index is -4.33. The number of hydrogen-bond donors (Lipinski definition) is 2. The van der Waals surface area contributed by atoms with Gasteiger partial charge in [-0.25, -0.2) is 0 Å². The zero-order valence-electron chi connectivity index (χ0n) is 10.4. The van der Waals surface area contributed by atoms with Crippen LogP contribution in [0.1, 0.15) is 16.7 Å². The predicted molar refractivity (Wildman–Crippen MR) is 69.6 cm³/mol. The van der Waals surface area contributed by atoms with Crippen LogP contribution in [0.15, 0.2) is 23.1 Å².